The third-order valence-corrected chi connectivity index (χ3v) is 4.71. The maximum absolute atomic E-state index is 12.1. The first-order valence-corrected chi connectivity index (χ1v) is 8.42. The molecule has 1 amide bonds. The summed E-state index contributed by atoms with van der Waals surface area (Å²) >= 11 is 7.30. The number of amides is 1. The van der Waals surface area contributed by atoms with E-state index < -0.39 is 5.97 Å². The average molecular weight is 348 g/mol. The summed E-state index contributed by atoms with van der Waals surface area (Å²) in [5.74, 6) is -0.186. The Balaban J connectivity index is 1.63. The summed E-state index contributed by atoms with van der Waals surface area (Å²) in [6.07, 6.45) is 0. The van der Waals surface area contributed by atoms with E-state index in [0.717, 1.165) is 16.1 Å². The predicted octanol–water partition coefficient (Wildman–Crippen LogP) is 3.52. The maximum atomic E-state index is 12.1. The van der Waals surface area contributed by atoms with Crippen molar-refractivity contribution in [1.82, 2.24) is 0 Å². The van der Waals surface area contributed by atoms with E-state index in [2.05, 4.69) is 0 Å². The number of nitrogens with zero attached hydrogens (tertiary/aromatic N) is 1. The van der Waals surface area contributed by atoms with Crippen LogP contribution in [0.15, 0.2) is 53.4 Å². The molecule has 3 rings (SSSR count). The van der Waals surface area contributed by atoms with Crippen LogP contribution < -0.4 is 4.90 Å². The molecule has 0 unspecified atom stereocenters. The Hall–Kier alpha value is -1.98. The fourth-order valence-corrected chi connectivity index (χ4v) is 3.31. The molecule has 0 spiro atoms. The van der Waals surface area contributed by atoms with Gasteiger partial charge in [0.2, 0.25) is 5.91 Å². The summed E-state index contributed by atoms with van der Waals surface area (Å²) < 4.78 is 5.25. The van der Waals surface area contributed by atoms with Gasteiger partial charge in [0.05, 0.1) is 11.4 Å². The topological polar surface area (TPSA) is 46.6 Å². The molecule has 0 bridgehead atoms. The summed E-state index contributed by atoms with van der Waals surface area (Å²) in [4.78, 5) is 26.6. The van der Waals surface area contributed by atoms with Gasteiger partial charge in [0, 0.05) is 9.92 Å². The normalized spacial score (nSPS) is 13.6. The zero-order valence-electron chi connectivity index (χ0n) is 12.2. The highest BCUT2D eigenvalue weighted by atomic mass is 35.5. The molecule has 4 nitrogen and oxygen atoms in total. The molecule has 2 aromatic rings. The first-order valence-electron chi connectivity index (χ1n) is 7.06. The van der Waals surface area contributed by atoms with Crippen LogP contribution in [-0.4, -0.2) is 24.2 Å². The minimum atomic E-state index is -0.435. The average Bonchev–Trinajstić information content (AvgIpc) is 2.57. The van der Waals surface area contributed by atoms with Crippen molar-refractivity contribution >= 4 is 40.9 Å². The standard InChI is InChI=1S/C17H14ClNO3S/c18-13-7-5-12(6-8-13)10-22-17(21)9-19-14-3-1-2-4-15(14)23-11-16(19)20/h1-8H,9-11H2. The molecular weight excluding hydrogens is 334 g/mol. The minimum Gasteiger partial charge on any atom is -0.459 e. The van der Waals surface area contributed by atoms with Gasteiger partial charge in [-0.05, 0) is 29.8 Å². The number of esters is 1. The smallest absolute Gasteiger partial charge is 0.326 e. The van der Waals surface area contributed by atoms with Crippen LogP contribution in [0.4, 0.5) is 5.69 Å². The highest BCUT2D eigenvalue weighted by Crippen LogP contribution is 2.34. The Morgan fingerprint density at radius 3 is 2.70 bits per heavy atom. The van der Waals surface area contributed by atoms with Gasteiger partial charge in [0.25, 0.3) is 0 Å². The highest BCUT2D eigenvalue weighted by molar-refractivity contribution is 8.00. The lowest BCUT2D eigenvalue weighted by Crippen LogP contribution is -2.39. The number of hydrogen-bond acceptors (Lipinski definition) is 4. The second-order valence-electron chi connectivity index (χ2n) is 5.02. The van der Waals surface area contributed by atoms with E-state index in [1.165, 1.54) is 16.7 Å². The summed E-state index contributed by atoms with van der Waals surface area (Å²) in [5.41, 5.74) is 1.61. The third kappa shape index (κ3) is 3.86. The Morgan fingerprint density at radius 1 is 1.17 bits per heavy atom. The van der Waals surface area contributed by atoms with Crippen molar-refractivity contribution in [3.63, 3.8) is 0 Å². The highest BCUT2D eigenvalue weighted by Gasteiger charge is 2.26. The van der Waals surface area contributed by atoms with Crippen molar-refractivity contribution in [3.8, 4) is 0 Å². The van der Waals surface area contributed by atoms with Crippen LogP contribution in [0, 0.1) is 0 Å². The summed E-state index contributed by atoms with van der Waals surface area (Å²) in [6.45, 7) is 0.0818. The van der Waals surface area contributed by atoms with Crippen molar-refractivity contribution in [3.05, 3.63) is 59.1 Å². The van der Waals surface area contributed by atoms with Gasteiger partial charge in [-0.2, -0.15) is 0 Å². The first kappa shape index (κ1) is 15.9. The molecule has 0 N–H and O–H groups in total. The molecular formula is C17H14ClNO3S. The number of thioether (sulfide) groups is 1. The van der Waals surface area contributed by atoms with Gasteiger partial charge in [-0.1, -0.05) is 35.9 Å². The maximum Gasteiger partial charge on any atom is 0.326 e. The van der Waals surface area contributed by atoms with Crippen LogP contribution >= 0.6 is 23.4 Å². The van der Waals surface area contributed by atoms with Crippen LogP contribution in [0.25, 0.3) is 0 Å². The lowest BCUT2D eigenvalue weighted by Gasteiger charge is -2.27. The molecule has 2 aromatic carbocycles. The van der Waals surface area contributed by atoms with E-state index in [-0.39, 0.29) is 19.1 Å². The molecule has 23 heavy (non-hydrogen) atoms. The minimum absolute atomic E-state index is 0.0794. The van der Waals surface area contributed by atoms with Gasteiger partial charge in [0.15, 0.2) is 0 Å². The molecule has 1 aliphatic rings. The molecule has 1 heterocycles. The summed E-state index contributed by atoms with van der Waals surface area (Å²) in [7, 11) is 0. The van der Waals surface area contributed by atoms with E-state index in [9.17, 15) is 9.59 Å². The third-order valence-electron chi connectivity index (χ3n) is 3.41. The predicted molar refractivity (Wildman–Crippen MR) is 90.8 cm³/mol. The van der Waals surface area contributed by atoms with Crippen molar-refractivity contribution < 1.29 is 14.3 Å². The number of benzene rings is 2. The van der Waals surface area contributed by atoms with Gasteiger partial charge in [-0.3, -0.25) is 14.5 Å². The fourth-order valence-electron chi connectivity index (χ4n) is 2.25. The number of carbonyl (C=O) groups is 2. The van der Waals surface area contributed by atoms with Gasteiger partial charge >= 0.3 is 5.97 Å². The van der Waals surface area contributed by atoms with E-state index >= 15 is 0 Å². The van der Waals surface area contributed by atoms with Gasteiger partial charge in [-0.25, -0.2) is 0 Å². The van der Waals surface area contributed by atoms with Crippen LogP contribution in [-0.2, 0) is 20.9 Å². The van der Waals surface area contributed by atoms with Crippen LogP contribution in [0.1, 0.15) is 5.56 Å². The number of ether oxygens (including phenoxy) is 1. The Labute approximate surface area is 143 Å². The fraction of sp³-hybridized carbons (Fsp3) is 0.176. The van der Waals surface area contributed by atoms with E-state index in [1.807, 2.05) is 24.3 Å². The van der Waals surface area contributed by atoms with Crippen molar-refractivity contribution in [2.24, 2.45) is 0 Å². The van der Waals surface area contributed by atoms with Crippen molar-refractivity contribution in [2.45, 2.75) is 11.5 Å². The molecule has 1 aliphatic heterocycles. The van der Waals surface area contributed by atoms with E-state index in [0.29, 0.717) is 10.8 Å². The molecule has 0 radical (unpaired) electrons. The zero-order chi connectivity index (χ0) is 16.2. The number of halogens is 1. The SMILES string of the molecule is O=C(CN1C(=O)CSc2ccccc21)OCc1ccc(Cl)cc1. The van der Waals surface area contributed by atoms with Gasteiger partial charge < -0.3 is 4.74 Å². The number of fused-ring (bicyclic) bond motifs is 1. The quantitative estimate of drug-likeness (QED) is 0.794. The number of para-hydroxylation sites is 1. The lowest BCUT2D eigenvalue weighted by atomic mass is 10.2. The van der Waals surface area contributed by atoms with Gasteiger partial charge in [0.1, 0.15) is 13.2 Å². The second-order valence-corrected chi connectivity index (χ2v) is 6.48. The van der Waals surface area contributed by atoms with E-state index in [1.54, 1.807) is 24.3 Å². The van der Waals surface area contributed by atoms with E-state index in [4.69, 9.17) is 16.3 Å². The molecule has 0 saturated carbocycles. The number of rotatable bonds is 4. The Bertz CT molecular complexity index is 733. The number of hydrogen-bond donors (Lipinski definition) is 0. The molecule has 0 saturated heterocycles. The van der Waals surface area contributed by atoms with Crippen LogP contribution in [0.5, 0.6) is 0 Å². The Morgan fingerprint density at radius 2 is 1.91 bits per heavy atom. The molecule has 6 heteroatoms. The molecule has 0 aliphatic carbocycles. The van der Waals surface area contributed by atoms with Crippen molar-refractivity contribution in [2.75, 3.05) is 17.2 Å². The second kappa shape index (κ2) is 7.06. The molecule has 0 aromatic heterocycles. The molecule has 118 valence electrons. The molecule has 0 fully saturated rings. The van der Waals surface area contributed by atoms with Crippen LogP contribution in [0.3, 0.4) is 0 Å². The largest absolute Gasteiger partial charge is 0.459 e. The Kier molecular flexibility index (Phi) is 4.88. The zero-order valence-corrected chi connectivity index (χ0v) is 13.8. The van der Waals surface area contributed by atoms with Gasteiger partial charge in [-0.15, -0.1) is 11.8 Å². The number of anilines is 1. The lowest BCUT2D eigenvalue weighted by molar-refractivity contribution is -0.144. The molecule has 0 atom stereocenters. The monoisotopic (exact) mass is 347 g/mol. The van der Waals surface area contributed by atoms with Crippen LogP contribution in [0.2, 0.25) is 5.02 Å². The van der Waals surface area contributed by atoms with Crippen molar-refractivity contribution in [1.29, 1.82) is 0 Å². The first-order chi connectivity index (χ1) is 11.1. The summed E-state index contributed by atoms with van der Waals surface area (Å²) in [5, 5.41) is 0.632. The number of carbonyl (C=O) groups excluding carboxylic acids is 2. The summed E-state index contributed by atoms with van der Waals surface area (Å²) in [6, 6.07) is 14.6.